The van der Waals surface area contributed by atoms with Gasteiger partial charge in [-0.05, 0) is 45.2 Å². The van der Waals surface area contributed by atoms with Gasteiger partial charge in [0.05, 0.1) is 32.1 Å². The summed E-state index contributed by atoms with van der Waals surface area (Å²) in [6, 6.07) is 6.32. The van der Waals surface area contributed by atoms with Crippen LogP contribution in [0.2, 0.25) is 0 Å². The summed E-state index contributed by atoms with van der Waals surface area (Å²) in [4.78, 5) is 0. The van der Waals surface area contributed by atoms with E-state index in [-0.39, 0.29) is 11.9 Å². The molecule has 1 heterocycles. The van der Waals surface area contributed by atoms with Crippen molar-refractivity contribution in [3.63, 3.8) is 0 Å². The second kappa shape index (κ2) is 9.12. The first-order chi connectivity index (χ1) is 11.5. The lowest BCUT2D eigenvalue weighted by atomic mass is 10.00. The second-order valence-corrected chi connectivity index (χ2v) is 8.40. The molecule has 2 rings (SSSR count). The molecule has 0 radical (unpaired) electrons. The molecule has 0 saturated carbocycles. The average Bonchev–Trinajstić information content (AvgIpc) is 3.04. The first kappa shape index (κ1) is 19.6. The average molecular weight is 356 g/mol. The van der Waals surface area contributed by atoms with Crippen molar-refractivity contribution in [2.45, 2.75) is 52.5 Å². The van der Waals surface area contributed by atoms with E-state index in [9.17, 15) is 4.57 Å². The first-order valence-electron chi connectivity index (χ1n) is 8.66. The lowest BCUT2D eigenvalue weighted by molar-refractivity contribution is -0.0483. The van der Waals surface area contributed by atoms with Crippen LogP contribution in [0.1, 0.15) is 37.0 Å². The molecule has 136 valence electrons. The number of ether oxygens (including phenoxy) is 2. The second-order valence-electron chi connectivity index (χ2n) is 6.07. The molecule has 0 N–H and O–H groups in total. The minimum atomic E-state index is -3.24. The highest BCUT2D eigenvalue weighted by Crippen LogP contribution is 2.56. The standard InChI is InChI=1S/C18H29O5P/c1-5-22-24(19,23-6-2)17(13-18-20-9-10-21-18)12-16-11-14(3)7-8-15(16)4/h7-8,11,17-18H,5-6,9-10,12-13H2,1-4H3. The quantitative estimate of drug-likeness (QED) is 0.619. The van der Waals surface area contributed by atoms with Crippen molar-refractivity contribution in [1.29, 1.82) is 0 Å². The van der Waals surface area contributed by atoms with E-state index >= 15 is 0 Å². The van der Waals surface area contributed by atoms with E-state index < -0.39 is 7.60 Å². The van der Waals surface area contributed by atoms with Crippen LogP contribution in [0.15, 0.2) is 18.2 Å². The van der Waals surface area contributed by atoms with Crippen LogP contribution >= 0.6 is 7.60 Å². The van der Waals surface area contributed by atoms with Gasteiger partial charge in [-0.15, -0.1) is 0 Å². The van der Waals surface area contributed by atoms with Gasteiger partial charge in [-0.25, -0.2) is 0 Å². The highest BCUT2D eigenvalue weighted by atomic mass is 31.2. The molecule has 0 amide bonds. The molecule has 0 bridgehead atoms. The fraction of sp³-hybridized carbons (Fsp3) is 0.667. The third-order valence-corrected chi connectivity index (χ3v) is 6.70. The molecule has 1 unspecified atom stereocenters. The summed E-state index contributed by atoms with van der Waals surface area (Å²) in [5.74, 6) is 0. The van der Waals surface area contributed by atoms with Crippen LogP contribution in [0.5, 0.6) is 0 Å². The van der Waals surface area contributed by atoms with Crippen LogP contribution in [0.4, 0.5) is 0 Å². The van der Waals surface area contributed by atoms with Gasteiger partial charge in [-0.1, -0.05) is 23.8 Å². The highest BCUT2D eigenvalue weighted by Gasteiger charge is 2.38. The molecule has 5 nitrogen and oxygen atoms in total. The van der Waals surface area contributed by atoms with E-state index in [2.05, 4.69) is 32.0 Å². The Bertz CT molecular complexity index is 559. The maximum atomic E-state index is 13.3. The zero-order chi connectivity index (χ0) is 17.6. The van der Waals surface area contributed by atoms with Gasteiger partial charge in [0.1, 0.15) is 0 Å². The van der Waals surface area contributed by atoms with Crippen molar-refractivity contribution < 1.29 is 23.1 Å². The van der Waals surface area contributed by atoms with Gasteiger partial charge in [0.25, 0.3) is 0 Å². The molecule has 1 atom stereocenters. The van der Waals surface area contributed by atoms with Gasteiger partial charge in [-0.3, -0.25) is 4.57 Å². The smallest absolute Gasteiger partial charge is 0.334 e. The Kier molecular flexibility index (Phi) is 7.45. The Hall–Kier alpha value is -0.710. The van der Waals surface area contributed by atoms with Crippen molar-refractivity contribution in [1.82, 2.24) is 0 Å². The number of hydrogen-bond acceptors (Lipinski definition) is 5. The van der Waals surface area contributed by atoms with Crippen LogP contribution in [0.25, 0.3) is 0 Å². The topological polar surface area (TPSA) is 54.0 Å². The zero-order valence-corrected chi connectivity index (χ0v) is 16.0. The highest BCUT2D eigenvalue weighted by molar-refractivity contribution is 7.54. The number of aryl methyl sites for hydroxylation is 2. The van der Waals surface area contributed by atoms with Crippen molar-refractivity contribution in [2.24, 2.45) is 0 Å². The van der Waals surface area contributed by atoms with E-state index in [1.807, 2.05) is 13.8 Å². The Morgan fingerprint density at radius 3 is 2.38 bits per heavy atom. The van der Waals surface area contributed by atoms with Crippen molar-refractivity contribution in [2.75, 3.05) is 26.4 Å². The van der Waals surface area contributed by atoms with Crippen LogP contribution in [-0.4, -0.2) is 38.4 Å². The maximum absolute atomic E-state index is 13.3. The number of hydrogen-bond donors (Lipinski definition) is 0. The summed E-state index contributed by atoms with van der Waals surface area (Å²) in [5.41, 5.74) is 3.24. The number of rotatable bonds is 9. The lowest BCUT2D eigenvalue weighted by Gasteiger charge is -2.28. The molecule has 24 heavy (non-hydrogen) atoms. The van der Waals surface area contributed by atoms with Crippen molar-refractivity contribution in [3.8, 4) is 0 Å². The summed E-state index contributed by atoms with van der Waals surface area (Å²) in [5, 5.41) is 0. The molecular weight excluding hydrogens is 327 g/mol. The third kappa shape index (κ3) is 5.14. The minimum absolute atomic E-state index is 0.291. The van der Waals surface area contributed by atoms with E-state index in [4.69, 9.17) is 18.5 Å². The molecule has 1 saturated heterocycles. The Morgan fingerprint density at radius 2 is 1.79 bits per heavy atom. The van der Waals surface area contributed by atoms with Gasteiger partial charge in [-0.2, -0.15) is 0 Å². The van der Waals surface area contributed by atoms with E-state index in [0.717, 1.165) is 5.56 Å². The van der Waals surface area contributed by atoms with Crippen LogP contribution in [-0.2, 0) is 29.5 Å². The summed E-state index contributed by atoms with van der Waals surface area (Å²) < 4.78 is 35.7. The van der Waals surface area contributed by atoms with E-state index in [1.165, 1.54) is 11.1 Å². The fourth-order valence-electron chi connectivity index (χ4n) is 2.97. The van der Waals surface area contributed by atoms with Gasteiger partial charge in [0.2, 0.25) is 0 Å². The summed E-state index contributed by atoms with van der Waals surface area (Å²) in [6.45, 7) is 9.67. The largest absolute Gasteiger partial charge is 0.350 e. The molecular formula is C18H29O5P. The normalized spacial score (nSPS) is 17.3. The maximum Gasteiger partial charge on any atom is 0.334 e. The molecule has 1 fully saturated rings. The molecule has 1 aromatic rings. The molecule has 1 aliphatic rings. The van der Waals surface area contributed by atoms with Crippen molar-refractivity contribution in [3.05, 3.63) is 34.9 Å². The fourth-order valence-corrected chi connectivity index (χ4v) is 5.04. The number of benzene rings is 1. The molecule has 1 aromatic carbocycles. The predicted molar refractivity (Wildman–Crippen MR) is 94.6 cm³/mol. The zero-order valence-electron chi connectivity index (χ0n) is 15.1. The summed E-state index contributed by atoms with van der Waals surface area (Å²) >= 11 is 0. The van der Waals surface area contributed by atoms with Crippen LogP contribution in [0.3, 0.4) is 0 Å². The lowest BCUT2D eigenvalue weighted by Crippen LogP contribution is -2.24. The monoisotopic (exact) mass is 356 g/mol. The molecule has 0 aromatic heterocycles. The van der Waals surface area contributed by atoms with Gasteiger partial charge in [0, 0.05) is 6.42 Å². The molecule has 6 heteroatoms. The molecule has 1 aliphatic heterocycles. The Labute approximate surface area is 145 Å². The molecule has 0 spiro atoms. The summed E-state index contributed by atoms with van der Waals surface area (Å²) in [7, 11) is -3.24. The Balaban J connectivity index is 2.26. The summed E-state index contributed by atoms with van der Waals surface area (Å²) in [6.07, 6.45) is 0.785. The van der Waals surface area contributed by atoms with Crippen LogP contribution in [0, 0.1) is 13.8 Å². The van der Waals surface area contributed by atoms with Gasteiger partial charge < -0.3 is 18.5 Å². The minimum Gasteiger partial charge on any atom is -0.350 e. The predicted octanol–water partition coefficient (Wildman–Crippen LogP) is 4.24. The van der Waals surface area contributed by atoms with Crippen molar-refractivity contribution >= 4 is 7.60 Å². The van der Waals surface area contributed by atoms with Gasteiger partial charge in [0.15, 0.2) is 6.29 Å². The SMILES string of the molecule is CCOP(=O)(OCC)C(Cc1cc(C)ccc1C)CC1OCCO1. The van der Waals surface area contributed by atoms with E-state index in [0.29, 0.717) is 39.3 Å². The third-order valence-electron chi connectivity index (χ3n) is 4.18. The molecule has 0 aliphatic carbocycles. The van der Waals surface area contributed by atoms with E-state index in [1.54, 1.807) is 0 Å². The Morgan fingerprint density at radius 1 is 1.17 bits per heavy atom. The van der Waals surface area contributed by atoms with Crippen LogP contribution < -0.4 is 0 Å². The first-order valence-corrected chi connectivity index (χ1v) is 10.3. The van der Waals surface area contributed by atoms with Gasteiger partial charge >= 0.3 is 7.60 Å².